The Bertz CT molecular complexity index is 505. The molecule has 0 heterocycles. The van der Waals surface area contributed by atoms with Crippen LogP contribution in [-0.4, -0.2) is 15.0 Å². The second-order valence-electron chi connectivity index (χ2n) is 7.05. The van der Waals surface area contributed by atoms with Crippen molar-refractivity contribution < 1.29 is 4.21 Å². The van der Waals surface area contributed by atoms with Gasteiger partial charge in [-0.1, -0.05) is 48.0 Å². The van der Waals surface area contributed by atoms with Crippen molar-refractivity contribution in [2.45, 2.75) is 57.7 Å². The summed E-state index contributed by atoms with van der Waals surface area (Å²) in [6.07, 6.45) is 2.91. The van der Waals surface area contributed by atoms with Gasteiger partial charge in [-0.3, -0.25) is 0 Å². The average molecular weight is 386 g/mol. The molecule has 124 valence electrons. The Morgan fingerprint density at radius 3 is 2.23 bits per heavy atom. The number of nitrogens with one attached hydrogen (secondary N) is 1. The van der Waals surface area contributed by atoms with Crippen LogP contribution in [0.25, 0.3) is 0 Å². The molecule has 0 saturated carbocycles. The van der Waals surface area contributed by atoms with Crippen LogP contribution in [0.5, 0.6) is 0 Å². The fourth-order valence-corrected chi connectivity index (χ4v) is 3.44. The van der Waals surface area contributed by atoms with Gasteiger partial charge in [0.1, 0.15) is 0 Å². The summed E-state index contributed by atoms with van der Waals surface area (Å²) in [6.45, 7) is 14.4. The van der Waals surface area contributed by atoms with Crippen molar-refractivity contribution in [1.82, 2.24) is 4.72 Å². The average Bonchev–Trinajstić information content (AvgIpc) is 2.39. The number of hydrogen-bond donors (Lipinski definition) is 1. The lowest BCUT2D eigenvalue weighted by molar-refractivity contribution is 0.440. The van der Waals surface area contributed by atoms with Crippen molar-refractivity contribution in [3.05, 3.63) is 47.0 Å². The first-order valence-electron chi connectivity index (χ1n) is 7.71. The van der Waals surface area contributed by atoms with Crippen LogP contribution in [0, 0.1) is 5.92 Å². The minimum Gasteiger partial charge on any atom is -0.242 e. The van der Waals surface area contributed by atoms with Gasteiger partial charge in [0.2, 0.25) is 0 Å². The molecule has 0 saturated heterocycles. The molecule has 22 heavy (non-hydrogen) atoms. The third-order valence-corrected chi connectivity index (χ3v) is 5.64. The quantitative estimate of drug-likeness (QED) is 0.643. The molecule has 0 amide bonds. The van der Waals surface area contributed by atoms with E-state index in [0.717, 1.165) is 10.9 Å². The molecule has 0 radical (unpaired) electrons. The summed E-state index contributed by atoms with van der Waals surface area (Å²) in [6, 6.07) is 8.40. The van der Waals surface area contributed by atoms with E-state index in [-0.39, 0.29) is 16.7 Å². The van der Waals surface area contributed by atoms with E-state index in [9.17, 15) is 4.21 Å². The Morgan fingerprint density at radius 2 is 1.82 bits per heavy atom. The maximum atomic E-state index is 12.5. The van der Waals surface area contributed by atoms with Crippen LogP contribution >= 0.6 is 15.9 Å². The van der Waals surface area contributed by atoms with Gasteiger partial charge in [-0.15, -0.1) is 6.58 Å². The molecule has 0 aromatic heterocycles. The standard InChI is InChI=1S/C18H28BrNOS/c1-7-16(14-8-10-15(19)11-9-14)17(12-13(2)3)20-22(21)18(4,5)6/h7-11,13,16-17,20H,1,12H2,2-6H3/t16-,17-,22?/m1/s1. The van der Waals surface area contributed by atoms with Crippen molar-refractivity contribution in [3.63, 3.8) is 0 Å². The van der Waals surface area contributed by atoms with E-state index >= 15 is 0 Å². The first kappa shape index (κ1) is 19.6. The Hall–Kier alpha value is -0.450. The molecule has 3 atom stereocenters. The Kier molecular flexibility index (Phi) is 7.50. The predicted molar refractivity (Wildman–Crippen MR) is 101 cm³/mol. The van der Waals surface area contributed by atoms with E-state index < -0.39 is 11.0 Å². The lowest BCUT2D eigenvalue weighted by atomic mass is 9.87. The van der Waals surface area contributed by atoms with Crippen LogP contribution in [0.3, 0.4) is 0 Å². The van der Waals surface area contributed by atoms with Crippen molar-refractivity contribution in [1.29, 1.82) is 0 Å². The van der Waals surface area contributed by atoms with Crippen LogP contribution in [-0.2, 0) is 11.0 Å². The van der Waals surface area contributed by atoms with Gasteiger partial charge in [-0.2, -0.15) is 0 Å². The minimum absolute atomic E-state index is 0.110. The van der Waals surface area contributed by atoms with Crippen molar-refractivity contribution in [3.8, 4) is 0 Å². The fourth-order valence-electron chi connectivity index (χ4n) is 2.31. The van der Waals surface area contributed by atoms with E-state index in [1.807, 2.05) is 39.0 Å². The van der Waals surface area contributed by atoms with Gasteiger partial charge in [0, 0.05) is 16.4 Å². The predicted octanol–water partition coefficient (Wildman–Crippen LogP) is 5.19. The van der Waals surface area contributed by atoms with E-state index in [4.69, 9.17) is 0 Å². The molecule has 0 spiro atoms. The molecule has 0 bridgehead atoms. The van der Waals surface area contributed by atoms with Gasteiger partial charge >= 0.3 is 0 Å². The number of halogens is 1. The van der Waals surface area contributed by atoms with Gasteiger partial charge in [0.25, 0.3) is 0 Å². The molecular weight excluding hydrogens is 358 g/mol. The molecular formula is C18H28BrNOS. The lowest BCUT2D eigenvalue weighted by Gasteiger charge is -2.30. The van der Waals surface area contributed by atoms with E-state index in [1.165, 1.54) is 5.56 Å². The zero-order chi connectivity index (χ0) is 16.9. The summed E-state index contributed by atoms with van der Waals surface area (Å²) in [5.41, 5.74) is 1.20. The molecule has 1 N–H and O–H groups in total. The van der Waals surface area contributed by atoms with Crippen LogP contribution < -0.4 is 4.72 Å². The zero-order valence-corrected chi connectivity index (χ0v) is 16.6. The zero-order valence-electron chi connectivity index (χ0n) is 14.2. The van der Waals surface area contributed by atoms with Crippen molar-refractivity contribution >= 4 is 26.9 Å². The molecule has 1 unspecified atom stereocenters. The Morgan fingerprint density at radius 1 is 1.27 bits per heavy atom. The largest absolute Gasteiger partial charge is 0.242 e. The van der Waals surface area contributed by atoms with Gasteiger partial charge in [-0.05, 0) is 50.8 Å². The molecule has 0 fully saturated rings. The highest BCUT2D eigenvalue weighted by molar-refractivity contribution is 9.10. The van der Waals surface area contributed by atoms with Crippen LogP contribution in [0.4, 0.5) is 0 Å². The van der Waals surface area contributed by atoms with E-state index in [1.54, 1.807) is 0 Å². The smallest absolute Gasteiger partial charge is 0.0973 e. The summed E-state index contributed by atoms with van der Waals surface area (Å²) in [5.74, 6) is 0.661. The third-order valence-electron chi connectivity index (χ3n) is 3.48. The Balaban J connectivity index is 3.04. The molecule has 0 aliphatic heterocycles. The second-order valence-corrected chi connectivity index (χ2v) is 9.96. The molecule has 4 heteroatoms. The number of rotatable bonds is 7. The number of hydrogen-bond acceptors (Lipinski definition) is 1. The maximum absolute atomic E-state index is 12.5. The van der Waals surface area contributed by atoms with Gasteiger partial charge in [0.15, 0.2) is 0 Å². The highest BCUT2D eigenvalue weighted by Gasteiger charge is 2.27. The summed E-state index contributed by atoms with van der Waals surface area (Å²) >= 11 is 3.47. The maximum Gasteiger partial charge on any atom is 0.0973 e. The molecule has 2 nitrogen and oxygen atoms in total. The summed E-state index contributed by atoms with van der Waals surface area (Å²) < 4.78 is 16.6. The first-order chi connectivity index (χ1) is 10.1. The van der Waals surface area contributed by atoms with Crippen LogP contribution in [0.2, 0.25) is 0 Å². The topological polar surface area (TPSA) is 29.1 Å². The normalized spacial score (nSPS) is 16.3. The molecule has 1 rings (SSSR count). The van der Waals surface area contributed by atoms with Crippen LogP contribution in [0.15, 0.2) is 41.4 Å². The number of benzene rings is 1. The van der Waals surface area contributed by atoms with Gasteiger partial charge in [0.05, 0.1) is 15.7 Å². The van der Waals surface area contributed by atoms with Crippen LogP contribution in [0.1, 0.15) is 52.5 Å². The minimum atomic E-state index is -1.09. The highest BCUT2D eigenvalue weighted by Crippen LogP contribution is 2.27. The Labute approximate surface area is 146 Å². The molecule has 1 aromatic carbocycles. The fraction of sp³-hybridized carbons (Fsp3) is 0.556. The summed E-state index contributed by atoms with van der Waals surface area (Å²) in [7, 11) is -1.09. The summed E-state index contributed by atoms with van der Waals surface area (Å²) in [5, 5.41) is 0. The SMILES string of the molecule is C=C[C@H](c1ccc(Br)cc1)[C@@H](CC(C)C)NS(=O)C(C)(C)C. The highest BCUT2D eigenvalue weighted by atomic mass is 79.9. The second kappa shape index (κ2) is 8.42. The lowest BCUT2D eigenvalue weighted by Crippen LogP contribution is -2.43. The molecule has 1 aromatic rings. The van der Waals surface area contributed by atoms with Gasteiger partial charge in [-0.25, -0.2) is 8.93 Å². The monoisotopic (exact) mass is 385 g/mol. The van der Waals surface area contributed by atoms with Crippen molar-refractivity contribution in [2.75, 3.05) is 0 Å². The summed E-state index contributed by atoms with van der Waals surface area (Å²) in [4.78, 5) is 0. The van der Waals surface area contributed by atoms with E-state index in [2.05, 4.69) is 53.2 Å². The van der Waals surface area contributed by atoms with E-state index in [0.29, 0.717) is 5.92 Å². The molecule has 0 aliphatic rings. The van der Waals surface area contributed by atoms with Crippen molar-refractivity contribution in [2.24, 2.45) is 5.92 Å². The van der Waals surface area contributed by atoms with Gasteiger partial charge < -0.3 is 0 Å². The molecule has 0 aliphatic carbocycles. The third kappa shape index (κ3) is 5.98. The first-order valence-corrected chi connectivity index (χ1v) is 9.65.